The van der Waals surface area contributed by atoms with Crippen molar-refractivity contribution < 1.29 is 14.3 Å². The Labute approximate surface area is 245 Å². The van der Waals surface area contributed by atoms with Crippen LogP contribution in [0.15, 0.2) is 120 Å². The van der Waals surface area contributed by atoms with Gasteiger partial charge >= 0.3 is 0 Å². The van der Waals surface area contributed by atoms with Crippen LogP contribution in [0.3, 0.4) is 0 Å². The summed E-state index contributed by atoms with van der Waals surface area (Å²) in [5.74, 6) is 1.20. The number of allylic oxidation sites excluding steroid dienone is 1. The SMILES string of the molecule is C=CCc1cc(/C=C2/SC(=Nc3ccccc3)N(c3ccccc3)C2=O)cc(OCC)c1OCc1ccc(C)cc1. The third-order valence-electron chi connectivity index (χ3n) is 6.42. The number of amidine groups is 1. The Morgan fingerprint density at radius 3 is 2.32 bits per heavy atom. The molecule has 6 heteroatoms. The molecule has 1 heterocycles. The van der Waals surface area contributed by atoms with Gasteiger partial charge in [0.15, 0.2) is 16.7 Å². The monoisotopic (exact) mass is 560 g/mol. The van der Waals surface area contributed by atoms with E-state index in [1.54, 1.807) is 4.90 Å². The van der Waals surface area contributed by atoms with E-state index in [1.165, 1.54) is 17.3 Å². The minimum absolute atomic E-state index is 0.126. The van der Waals surface area contributed by atoms with Gasteiger partial charge in [0.2, 0.25) is 0 Å². The number of amides is 1. The summed E-state index contributed by atoms with van der Waals surface area (Å²) in [6, 6.07) is 31.5. The molecule has 5 rings (SSSR count). The second-order valence-electron chi connectivity index (χ2n) is 9.52. The van der Waals surface area contributed by atoms with Crippen LogP contribution in [0.5, 0.6) is 11.5 Å². The first-order chi connectivity index (χ1) is 20.1. The normalized spacial score (nSPS) is 15.0. The van der Waals surface area contributed by atoms with E-state index in [1.807, 2.05) is 91.9 Å². The topological polar surface area (TPSA) is 51.1 Å². The summed E-state index contributed by atoms with van der Waals surface area (Å²) in [6.07, 6.45) is 4.34. The van der Waals surface area contributed by atoms with Crippen molar-refractivity contribution in [1.29, 1.82) is 0 Å². The Hall–Kier alpha value is -4.55. The molecular weight excluding hydrogens is 528 g/mol. The van der Waals surface area contributed by atoms with Gasteiger partial charge < -0.3 is 9.47 Å². The maximum Gasteiger partial charge on any atom is 0.271 e. The predicted molar refractivity (Wildman–Crippen MR) is 170 cm³/mol. The van der Waals surface area contributed by atoms with Crippen LogP contribution in [0.2, 0.25) is 0 Å². The zero-order valence-electron chi connectivity index (χ0n) is 23.2. The quantitative estimate of drug-likeness (QED) is 0.144. The highest BCUT2D eigenvalue weighted by Gasteiger charge is 2.34. The molecule has 0 N–H and O–H groups in total. The van der Waals surface area contributed by atoms with Crippen molar-refractivity contribution in [1.82, 2.24) is 0 Å². The highest BCUT2D eigenvalue weighted by atomic mass is 32.2. The van der Waals surface area contributed by atoms with Gasteiger partial charge in [-0.15, -0.1) is 6.58 Å². The lowest BCUT2D eigenvalue weighted by molar-refractivity contribution is -0.113. The molecule has 0 unspecified atom stereocenters. The Morgan fingerprint density at radius 2 is 1.63 bits per heavy atom. The number of nitrogens with zero attached hydrogens (tertiary/aromatic N) is 2. The van der Waals surface area contributed by atoms with Crippen LogP contribution in [0, 0.1) is 6.92 Å². The van der Waals surface area contributed by atoms with E-state index < -0.39 is 0 Å². The van der Waals surface area contributed by atoms with Crippen LogP contribution in [0.1, 0.15) is 29.2 Å². The highest BCUT2D eigenvalue weighted by molar-refractivity contribution is 8.19. The molecule has 1 aliphatic heterocycles. The molecule has 0 aromatic heterocycles. The highest BCUT2D eigenvalue weighted by Crippen LogP contribution is 2.40. The van der Waals surface area contributed by atoms with Crippen molar-refractivity contribution in [2.45, 2.75) is 26.9 Å². The zero-order chi connectivity index (χ0) is 28.6. The third-order valence-corrected chi connectivity index (χ3v) is 7.39. The summed E-state index contributed by atoms with van der Waals surface area (Å²) in [5, 5.41) is 0.605. The number of hydrogen-bond acceptors (Lipinski definition) is 5. The van der Waals surface area contributed by atoms with Crippen molar-refractivity contribution in [2.75, 3.05) is 11.5 Å². The van der Waals surface area contributed by atoms with Crippen LogP contribution in [0.25, 0.3) is 6.08 Å². The first kappa shape index (κ1) is 28.0. The van der Waals surface area contributed by atoms with Gasteiger partial charge in [-0.05, 0) is 85.6 Å². The average Bonchev–Trinajstić information content (AvgIpc) is 3.28. The van der Waals surface area contributed by atoms with Crippen molar-refractivity contribution in [2.24, 2.45) is 4.99 Å². The van der Waals surface area contributed by atoms with E-state index in [0.29, 0.717) is 41.2 Å². The number of carbonyl (C=O) groups excluding carboxylic acids is 1. The van der Waals surface area contributed by atoms with Crippen LogP contribution in [0.4, 0.5) is 11.4 Å². The van der Waals surface area contributed by atoms with E-state index in [9.17, 15) is 4.79 Å². The molecule has 1 aliphatic rings. The lowest BCUT2D eigenvalue weighted by atomic mass is 10.0. The molecule has 4 aromatic rings. The summed E-state index contributed by atoms with van der Waals surface area (Å²) in [4.78, 5) is 20.8. The number of ether oxygens (including phenoxy) is 2. The van der Waals surface area contributed by atoms with Crippen molar-refractivity contribution in [3.63, 3.8) is 0 Å². The molecule has 41 heavy (non-hydrogen) atoms. The van der Waals surface area contributed by atoms with Gasteiger partial charge in [0.25, 0.3) is 5.91 Å². The van der Waals surface area contributed by atoms with Crippen LogP contribution in [-0.2, 0) is 17.8 Å². The van der Waals surface area contributed by atoms with Gasteiger partial charge in [-0.1, -0.05) is 72.3 Å². The number of benzene rings is 4. The smallest absolute Gasteiger partial charge is 0.271 e. The molecule has 1 amide bonds. The van der Waals surface area contributed by atoms with Crippen molar-refractivity contribution >= 4 is 40.3 Å². The molecular formula is C35H32N2O3S. The fraction of sp³-hybridized carbons (Fsp3) is 0.143. The summed E-state index contributed by atoms with van der Waals surface area (Å²) in [7, 11) is 0. The fourth-order valence-corrected chi connectivity index (χ4v) is 5.46. The number of aryl methyl sites for hydroxylation is 1. The van der Waals surface area contributed by atoms with Crippen molar-refractivity contribution in [3.8, 4) is 11.5 Å². The summed E-state index contributed by atoms with van der Waals surface area (Å²) >= 11 is 1.36. The number of thioether (sulfide) groups is 1. The van der Waals surface area contributed by atoms with E-state index in [2.05, 4.69) is 37.8 Å². The third kappa shape index (κ3) is 6.79. The molecule has 0 spiro atoms. The molecule has 206 valence electrons. The minimum atomic E-state index is -0.126. The molecule has 0 radical (unpaired) electrons. The number of aliphatic imine (C=N–C) groups is 1. The second-order valence-corrected chi connectivity index (χ2v) is 10.5. The zero-order valence-corrected chi connectivity index (χ0v) is 24.1. The molecule has 0 atom stereocenters. The Kier molecular flexibility index (Phi) is 9.02. The maximum absolute atomic E-state index is 13.8. The first-order valence-electron chi connectivity index (χ1n) is 13.6. The van der Waals surface area contributed by atoms with Crippen LogP contribution in [-0.4, -0.2) is 17.7 Å². The molecule has 5 nitrogen and oxygen atoms in total. The van der Waals surface area contributed by atoms with E-state index in [0.717, 1.165) is 28.1 Å². The van der Waals surface area contributed by atoms with Crippen molar-refractivity contribution in [3.05, 3.63) is 137 Å². The number of para-hydroxylation sites is 2. The molecule has 4 aromatic carbocycles. The summed E-state index contributed by atoms with van der Waals surface area (Å²) in [6.45, 7) is 8.86. The molecule has 0 saturated carbocycles. The van der Waals surface area contributed by atoms with Gasteiger partial charge in [-0.3, -0.25) is 9.69 Å². The van der Waals surface area contributed by atoms with Crippen LogP contribution >= 0.6 is 11.8 Å². The second kappa shape index (κ2) is 13.2. The lowest BCUT2D eigenvalue weighted by Gasteiger charge is -2.17. The Morgan fingerprint density at radius 1 is 0.927 bits per heavy atom. The van der Waals surface area contributed by atoms with Gasteiger partial charge in [-0.2, -0.15) is 0 Å². The number of anilines is 1. The van der Waals surface area contributed by atoms with E-state index in [-0.39, 0.29) is 5.91 Å². The Bertz CT molecular complexity index is 1580. The lowest BCUT2D eigenvalue weighted by Crippen LogP contribution is -2.28. The molecule has 0 aliphatic carbocycles. The minimum Gasteiger partial charge on any atom is -0.490 e. The predicted octanol–water partition coefficient (Wildman–Crippen LogP) is 8.51. The Balaban J connectivity index is 1.51. The summed E-state index contributed by atoms with van der Waals surface area (Å²) in [5.41, 5.74) is 5.62. The van der Waals surface area contributed by atoms with E-state index in [4.69, 9.17) is 14.5 Å². The molecule has 1 saturated heterocycles. The molecule has 0 bridgehead atoms. The number of carbonyl (C=O) groups is 1. The average molecular weight is 561 g/mol. The van der Waals surface area contributed by atoms with Gasteiger partial charge in [0.05, 0.1) is 22.9 Å². The number of hydrogen-bond donors (Lipinski definition) is 0. The van der Waals surface area contributed by atoms with Crippen LogP contribution < -0.4 is 14.4 Å². The molecule has 1 fully saturated rings. The first-order valence-corrected chi connectivity index (χ1v) is 14.4. The largest absolute Gasteiger partial charge is 0.490 e. The standard InChI is InChI=1S/C35H32N2O3S/c1-4-12-28-21-27(22-31(39-5-2)33(28)40-24-26-19-17-25(3)18-20-26)23-32-34(38)37(30-15-10-7-11-16-30)35(41-32)36-29-13-8-6-9-14-29/h4,6-11,13-23H,1,5,12,24H2,2-3H3/b32-23+,36-35?. The van der Waals surface area contributed by atoms with Gasteiger partial charge in [-0.25, -0.2) is 4.99 Å². The fourth-order valence-electron chi connectivity index (χ4n) is 4.46. The van der Waals surface area contributed by atoms with Gasteiger partial charge in [0, 0.05) is 5.56 Å². The summed E-state index contributed by atoms with van der Waals surface area (Å²) < 4.78 is 12.4. The van der Waals surface area contributed by atoms with Gasteiger partial charge in [0.1, 0.15) is 6.61 Å². The van der Waals surface area contributed by atoms with E-state index >= 15 is 0 Å². The maximum atomic E-state index is 13.8. The number of rotatable bonds is 10.